The molecule has 66 heavy (non-hydrogen) atoms. The fraction of sp³-hybridized carbons (Fsp3) is 0. The highest BCUT2D eigenvalue weighted by molar-refractivity contribution is 6.12. The Morgan fingerprint density at radius 3 is 0.909 bits per heavy atom. The maximum atomic E-state index is 10.9. The van der Waals surface area contributed by atoms with Crippen LogP contribution in [0.25, 0.3) is 83.1 Å². The predicted octanol–water partition coefficient (Wildman–Crippen LogP) is 16.3. The second-order valence-corrected chi connectivity index (χ2v) is 16.4. The van der Waals surface area contributed by atoms with Gasteiger partial charge in [-0.3, -0.25) is 0 Å². The molecule has 11 aromatic rings. The van der Waals surface area contributed by atoms with Crippen molar-refractivity contribution in [2.24, 2.45) is 0 Å². The molecular weight excluding hydrogens is 801 g/mol. The first-order valence-electron chi connectivity index (χ1n) is 22.0. The molecular formula is C62H40N4. The van der Waals surface area contributed by atoms with Crippen molar-refractivity contribution in [1.29, 1.82) is 10.5 Å². The van der Waals surface area contributed by atoms with Crippen LogP contribution in [0.3, 0.4) is 0 Å². The quantitative estimate of drug-likeness (QED) is 0.145. The minimum absolute atomic E-state index is 0.421. The molecule has 0 atom stereocenters. The third-order valence-corrected chi connectivity index (χ3v) is 12.5. The Kier molecular flexibility index (Phi) is 10.3. The molecule has 0 fully saturated rings. The van der Waals surface area contributed by atoms with Crippen molar-refractivity contribution in [3.05, 3.63) is 254 Å². The summed E-state index contributed by atoms with van der Waals surface area (Å²) in [6.07, 6.45) is 0. The summed E-state index contributed by atoms with van der Waals surface area (Å²) in [4.78, 5) is 2.26. The van der Waals surface area contributed by atoms with Gasteiger partial charge in [0.25, 0.3) is 0 Å². The second-order valence-electron chi connectivity index (χ2n) is 16.4. The molecule has 1 heterocycles. The van der Waals surface area contributed by atoms with Crippen LogP contribution in [0.15, 0.2) is 243 Å². The topological polar surface area (TPSA) is 55.8 Å². The molecule has 0 spiro atoms. The lowest BCUT2D eigenvalue weighted by Gasteiger charge is -2.26. The first-order valence-corrected chi connectivity index (χ1v) is 22.0. The fourth-order valence-corrected chi connectivity index (χ4v) is 9.21. The van der Waals surface area contributed by atoms with Crippen LogP contribution in [0.5, 0.6) is 0 Å². The lowest BCUT2D eigenvalue weighted by molar-refractivity contribution is 1.16. The summed E-state index contributed by atoms with van der Waals surface area (Å²) in [5.41, 5.74) is 17.0. The van der Waals surface area contributed by atoms with Gasteiger partial charge in [0.2, 0.25) is 0 Å². The molecule has 10 aromatic carbocycles. The van der Waals surface area contributed by atoms with Gasteiger partial charge in [0.05, 0.1) is 27.8 Å². The van der Waals surface area contributed by atoms with Crippen molar-refractivity contribution in [3.8, 4) is 73.5 Å². The van der Waals surface area contributed by atoms with E-state index < -0.39 is 0 Å². The van der Waals surface area contributed by atoms with E-state index in [1.807, 2.05) is 36.4 Å². The molecule has 0 saturated carbocycles. The normalized spacial score (nSPS) is 11.0. The molecule has 4 heteroatoms. The number of rotatable bonds is 9. The van der Waals surface area contributed by atoms with E-state index in [1.165, 1.54) is 11.1 Å². The van der Waals surface area contributed by atoms with Gasteiger partial charge in [0, 0.05) is 27.8 Å². The SMILES string of the molecule is N#Cc1cc(-c2ccc(N(c3ccc(-c4ccccc4)cc3)c3ccc(-c4ccccc4)cc3)cc2)cc(C#N)c1-n1c2ccc(-c3ccccc3)cc2c2cc(-c3ccccc3)ccc21. The summed E-state index contributed by atoms with van der Waals surface area (Å²) in [6.45, 7) is 0. The molecule has 0 unspecified atom stereocenters. The third kappa shape index (κ3) is 7.35. The van der Waals surface area contributed by atoms with Crippen molar-refractivity contribution in [3.63, 3.8) is 0 Å². The van der Waals surface area contributed by atoms with Crippen LogP contribution >= 0.6 is 0 Å². The summed E-state index contributed by atoms with van der Waals surface area (Å²) in [5, 5.41) is 23.9. The molecule has 0 radical (unpaired) electrons. The van der Waals surface area contributed by atoms with Gasteiger partial charge in [-0.05, 0) is 128 Å². The number of anilines is 3. The Morgan fingerprint density at radius 1 is 0.288 bits per heavy atom. The van der Waals surface area contributed by atoms with Crippen molar-refractivity contribution in [2.45, 2.75) is 0 Å². The van der Waals surface area contributed by atoms with E-state index in [4.69, 9.17) is 0 Å². The van der Waals surface area contributed by atoms with Crippen molar-refractivity contribution in [2.75, 3.05) is 4.90 Å². The van der Waals surface area contributed by atoms with Crippen LogP contribution in [0.1, 0.15) is 11.1 Å². The second kappa shape index (κ2) is 17.2. The molecule has 11 rings (SSSR count). The lowest BCUT2D eigenvalue weighted by atomic mass is 9.97. The van der Waals surface area contributed by atoms with E-state index >= 15 is 0 Å². The summed E-state index contributed by atoms with van der Waals surface area (Å²) in [7, 11) is 0. The fourth-order valence-electron chi connectivity index (χ4n) is 9.21. The average molecular weight is 841 g/mol. The number of hydrogen-bond acceptors (Lipinski definition) is 3. The first-order chi connectivity index (χ1) is 32.6. The maximum Gasteiger partial charge on any atom is 0.101 e. The molecule has 0 aliphatic heterocycles. The number of aromatic nitrogens is 1. The standard InChI is InChI=1S/C62H40N4/c63-41-53-37-52(38-54(42-64)62(53)66-60-35-27-50(45-17-9-3-10-18-45)39-58(60)59-40-51(28-36-61(59)66)46-19-11-4-12-20-46)49-25-33-57(34-26-49)65(55-29-21-47(22-30-55)43-13-5-1-6-14-43)56-31-23-48(24-32-56)44-15-7-2-8-16-44/h1-40H. The number of benzene rings is 10. The van der Waals surface area contributed by atoms with Gasteiger partial charge in [0.1, 0.15) is 12.1 Å². The Balaban J connectivity index is 1.00. The highest BCUT2D eigenvalue weighted by Crippen LogP contribution is 2.41. The van der Waals surface area contributed by atoms with Crippen molar-refractivity contribution in [1.82, 2.24) is 4.57 Å². The van der Waals surface area contributed by atoms with Gasteiger partial charge in [0.15, 0.2) is 0 Å². The largest absolute Gasteiger partial charge is 0.311 e. The molecule has 4 nitrogen and oxygen atoms in total. The monoisotopic (exact) mass is 840 g/mol. The first kappa shape index (κ1) is 39.6. The number of nitrogens with zero attached hydrogens (tertiary/aromatic N) is 4. The number of nitriles is 2. The molecule has 0 N–H and O–H groups in total. The summed E-state index contributed by atoms with van der Waals surface area (Å²) in [5.74, 6) is 0. The van der Waals surface area contributed by atoms with E-state index in [2.05, 4.69) is 228 Å². The lowest BCUT2D eigenvalue weighted by Crippen LogP contribution is -2.09. The summed E-state index contributed by atoms with van der Waals surface area (Å²) >= 11 is 0. The molecule has 308 valence electrons. The molecule has 0 bridgehead atoms. The molecule has 1 aromatic heterocycles. The predicted molar refractivity (Wildman–Crippen MR) is 272 cm³/mol. The molecule has 0 saturated heterocycles. The summed E-state index contributed by atoms with van der Waals surface area (Å²) < 4.78 is 2.10. The van der Waals surface area contributed by atoms with Crippen LogP contribution in [-0.2, 0) is 0 Å². The highest BCUT2D eigenvalue weighted by Gasteiger charge is 2.22. The van der Waals surface area contributed by atoms with Crippen LogP contribution in [0, 0.1) is 22.7 Å². The van der Waals surface area contributed by atoms with Crippen molar-refractivity contribution < 1.29 is 0 Å². The zero-order chi connectivity index (χ0) is 44.4. The van der Waals surface area contributed by atoms with Gasteiger partial charge in [-0.1, -0.05) is 170 Å². The molecule has 0 aliphatic carbocycles. The van der Waals surface area contributed by atoms with Crippen molar-refractivity contribution >= 4 is 38.9 Å². The minimum Gasteiger partial charge on any atom is -0.311 e. The molecule has 0 aliphatic rings. The van der Waals surface area contributed by atoms with Crippen LogP contribution in [0.2, 0.25) is 0 Å². The Labute approximate surface area is 384 Å². The van der Waals surface area contributed by atoms with E-state index in [0.29, 0.717) is 16.8 Å². The highest BCUT2D eigenvalue weighted by atomic mass is 15.1. The van der Waals surface area contributed by atoms with Gasteiger partial charge >= 0.3 is 0 Å². The Morgan fingerprint density at radius 2 is 0.576 bits per heavy atom. The average Bonchev–Trinajstić information content (AvgIpc) is 3.72. The van der Waals surface area contributed by atoms with E-state index in [0.717, 1.165) is 83.4 Å². The van der Waals surface area contributed by atoms with Crippen LogP contribution in [-0.4, -0.2) is 4.57 Å². The maximum absolute atomic E-state index is 10.9. The zero-order valence-corrected chi connectivity index (χ0v) is 35.9. The minimum atomic E-state index is 0.421. The van der Waals surface area contributed by atoms with Gasteiger partial charge < -0.3 is 9.47 Å². The smallest absolute Gasteiger partial charge is 0.101 e. The van der Waals surface area contributed by atoms with Crippen LogP contribution in [0.4, 0.5) is 17.1 Å². The Hall–Kier alpha value is -9.22. The Bertz CT molecular complexity index is 3390. The summed E-state index contributed by atoms with van der Waals surface area (Å²) in [6, 6.07) is 89.0. The third-order valence-electron chi connectivity index (χ3n) is 12.5. The van der Waals surface area contributed by atoms with Crippen LogP contribution < -0.4 is 4.90 Å². The van der Waals surface area contributed by atoms with Gasteiger partial charge in [-0.25, -0.2) is 0 Å². The number of fused-ring (bicyclic) bond motifs is 3. The number of hydrogen-bond donors (Lipinski definition) is 0. The zero-order valence-electron chi connectivity index (χ0n) is 35.9. The van der Waals surface area contributed by atoms with E-state index in [1.54, 1.807) is 0 Å². The van der Waals surface area contributed by atoms with Gasteiger partial charge in [-0.15, -0.1) is 0 Å². The molecule has 0 amide bonds. The van der Waals surface area contributed by atoms with E-state index in [9.17, 15) is 10.5 Å². The van der Waals surface area contributed by atoms with E-state index in [-0.39, 0.29) is 0 Å². The van der Waals surface area contributed by atoms with Gasteiger partial charge in [-0.2, -0.15) is 10.5 Å².